The second-order valence-electron chi connectivity index (χ2n) is 6.85. The van der Waals surface area contributed by atoms with Crippen LogP contribution in [0.5, 0.6) is 0 Å². The van der Waals surface area contributed by atoms with Gasteiger partial charge in [-0.2, -0.15) is 0 Å². The van der Waals surface area contributed by atoms with E-state index in [0.29, 0.717) is 31.8 Å². The molecule has 3 heterocycles. The fraction of sp³-hybridized carbons (Fsp3) is 0.286. The van der Waals surface area contributed by atoms with Crippen LogP contribution in [0.3, 0.4) is 0 Å². The molecular weight excluding hydrogens is 356 g/mol. The highest BCUT2D eigenvalue weighted by Crippen LogP contribution is 2.21. The topological polar surface area (TPSA) is 75.9 Å². The number of fused-ring (bicyclic) bond motifs is 1. The molecule has 0 atom stereocenters. The third-order valence-electron chi connectivity index (χ3n) is 5.11. The molecule has 0 unspecified atom stereocenters. The minimum absolute atomic E-state index is 0.199. The van der Waals surface area contributed by atoms with Gasteiger partial charge >= 0.3 is 0 Å². The van der Waals surface area contributed by atoms with Gasteiger partial charge in [0.1, 0.15) is 0 Å². The van der Waals surface area contributed by atoms with Gasteiger partial charge in [0.25, 0.3) is 11.8 Å². The van der Waals surface area contributed by atoms with Crippen molar-refractivity contribution in [2.75, 3.05) is 31.6 Å². The van der Waals surface area contributed by atoms with Crippen LogP contribution in [0.1, 0.15) is 32.2 Å². The molecule has 2 amide bonds. The number of morpholine rings is 1. The number of pyridine rings is 1. The predicted octanol–water partition coefficient (Wildman–Crippen LogP) is 2.68. The molecule has 0 aliphatic carbocycles. The number of benzene rings is 1. The van der Waals surface area contributed by atoms with Crippen molar-refractivity contribution < 1.29 is 14.3 Å². The van der Waals surface area contributed by atoms with Crippen molar-refractivity contribution in [2.45, 2.75) is 13.8 Å². The summed E-state index contributed by atoms with van der Waals surface area (Å²) in [5.74, 6) is -0.294. The molecule has 144 valence electrons. The Labute approximate surface area is 162 Å². The molecule has 1 fully saturated rings. The fourth-order valence-corrected chi connectivity index (χ4v) is 3.33. The number of hydrogen-bond donors (Lipinski definition) is 1. The molecule has 28 heavy (non-hydrogen) atoms. The summed E-state index contributed by atoms with van der Waals surface area (Å²) in [5, 5.41) is 2.93. The number of hydrogen-bond acceptors (Lipinski definition) is 4. The molecule has 1 aliphatic heterocycles. The molecule has 1 aromatic carbocycles. The van der Waals surface area contributed by atoms with Gasteiger partial charge in [0.2, 0.25) is 5.82 Å². The number of imidazole rings is 1. The first-order valence-corrected chi connectivity index (χ1v) is 9.28. The number of carbonyl (C=O) groups is 2. The van der Waals surface area contributed by atoms with E-state index in [1.807, 2.05) is 44.2 Å². The molecule has 1 saturated heterocycles. The van der Waals surface area contributed by atoms with Gasteiger partial charge in [-0.05, 0) is 43.2 Å². The molecule has 4 rings (SSSR count). The highest BCUT2D eigenvalue weighted by molar-refractivity contribution is 6.09. The summed E-state index contributed by atoms with van der Waals surface area (Å²) in [6, 6.07) is 11.2. The van der Waals surface area contributed by atoms with E-state index in [4.69, 9.17) is 4.74 Å². The first kappa shape index (κ1) is 18.2. The van der Waals surface area contributed by atoms with Crippen LogP contribution in [0.25, 0.3) is 5.52 Å². The van der Waals surface area contributed by atoms with Crippen molar-refractivity contribution in [1.82, 2.24) is 14.3 Å². The van der Waals surface area contributed by atoms with Crippen LogP contribution in [0, 0.1) is 13.8 Å². The molecule has 0 saturated carbocycles. The smallest absolute Gasteiger partial charge is 0.290 e. The zero-order valence-corrected chi connectivity index (χ0v) is 15.9. The normalized spacial score (nSPS) is 14.3. The standard InChI is InChI=1S/C21H22N4O3/c1-14-6-5-7-16(15(14)2)22-20(26)18-17-8-3-4-9-25(17)19(23-18)21(27)24-10-12-28-13-11-24/h3-9H,10-13H2,1-2H3,(H,22,26). The molecule has 0 radical (unpaired) electrons. The van der Waals surface area contributed by atoms with E-state index >= 15 is 0 Å². The van der Waals surface area contributed by atoms with Crippen LogP contribution < -0.4 is 5.32 Å². The van der Waals surface area contributed by atoms with Crippen molar-refractivity contribution in [3.63, 3.8) is 0 Å². The summed E-state index contributed by atoms with van der Waals surface area (Å²) in [6.07, 6.45) is 1.75. The van der Waals surface area contributed by atoms with Crippen LogP contribution in [-0.4, -0.2) is 52.4 Å². The number of rotatable bonds is 3. The van der Waals surface area contributed by atoms with Gasteiger partial charge in [0.15, 0.2) is 5.69 Å². The van der Waals surface area contributed by atoms with E-state index in [1.165, 1.54) is 0 Å². The lowest BCUT2D eigenvalue weighted by Gasteiger charge is -2.26. The summed E-state index contributed by atoms with van der Waals surface area (Å²) >= 11 is 0. The van der Waals surface area contributed by atoms with Gasteiger partial charge in [0.05, 0.1) is 18.7 Å². The lowest BCUT2D eigenvalue weighted by molar-refractivity contribution is 0.0294. The minimum Gasteiger partial charge on any atom is -0.378 e. The van der Waals surface area contributed by atoms with Gasteiger partial charge in [-0.15, -0.1) is 0 Å². The van der Waals surface area contributed by atoms with Crippen molar-refractivity contribution in [3.05, 3.63) is 65.2 Å². The first-order valence-electron chi connectivity index (χ1n) is 9.28. The van der Waals surface area contributed by atoms with E-state index in [9.17, 15) is 9.59 Å². The second-order valence-corrected chi connectivity index (χ2v) is 6.85. The number of carbonyl (C=O) groups excluding carboxylic acids is 2. The summed E-state index contributed by atoms with van der Waals surface area (Å²) in [5.41, 5.74) is 3.67. The van der Waals surface area contributed by atoms with Crippen LogP contribution in [0.2, 0.25) is 0 Å². The van der Waals surface area contributed by atoms with Crippen molar-refractivity contribution in [3.8, 4) is 0 Å². The molecule has 1 N–H and O–H groups in total. The van der Waals surface area contributed by atoms with E-state index in [2.05, 4.69) is 10.3 Å². The second kappa shape index (κ2) is 7.44. The Kier molecular flexibility index (Phi) is 4.83. The zero-order chi connectivity index (χ0) is 19.7. The quantitative estimate of drug-likeness (QED) is 0.760. The fourth-order valence-electron chi connectivity index (χ4n) is 3.33. The molecule has 7 nitrogen and oxygen atoms in total. The molecule has 3 aromatic rings. The summed E-state index contributed by atoms with van der Waals surface area (Å²) in [6.45, 7) is 6.01. The highest BCUT2D eigenvalue weighted by atomic mass is 16.5. The number of anilines is 1. The third kappa shape index (κ3) is 3.25. The van der Waals surface area contributed by atoms with Gasteiger partial charge in [-0.1, -0.05) is 18.2 Å². The molecule has 0 bridgehead atoms. The van der Waals surface area contributed by atoms with Gasteiger partial charge < -0.3 is 15.0 Å². The average molecular weight is 378 g/mol. The molecule has 0 spiro atoms. The molecular formula is C21H22N4O3. The van der Waals surface area contributed by atoms with Crippen molar-refractivity contribution in [1.29, 1.82) is 0 Å². The van der Waals surface area contributed by atoms with Crippen molar-refractivity contribution >= 4 is 23.0 Å². The van der Waals surface area contributed by atoms with E-state index in [0.717, 1.165) is 16.8 Å². The maximum absolute atomic E-state index is 13.0. The molecule has 2 aromatic heterocycles. The Morgan fingerprint density at radius 3 is 2.64 bits per heavy atom. The van der Waals surface area contributed by atoms with E-state index in [1.54, 1.807) is 21.6 Å². The summed E-state index contributed by atoms with van der Waals surface area (Å²) in [4.78, 5) is 32.1. The number of aromatic nitrogens is 2. The third-order valence-corrected chi connectivity index (χ3v) is 5.11. The molecule has 7 heteroatoms. The Morgan fingerprint density at radius 1 is 1.07 bits per heavy atom. The predicted molar refractivity (Wildman–Crippen MR) is 106 cm³/mol. The van der Waals surface area contributed by atoms with Gasteiger partial charge in [-0.25, -0.2) is 4.98 Å². The average Bonchev–Trinajstić information content (AvgIpc) is 3.11. The summed E-state index contributed by atoms with van der Waals surface area (Å²) in [7, 11) is 0. The first-order chi connectivity index (χ1) is 13.6. The Bertz CT molecular complexity index is 1050. The van der Waals surface area contributed by atoms with E-state index in [-0.39, 0.29) is 23.3 Å². The van der Waals surface area contributed by atoms with Crippen LogP contribution >= 0.6 is 0 Å². The van der Waals surface area contributed by atoms with E-state index < -0.39 is 0 Å². The number of amides is 2. The molecule has 1 aliphatic rings. The van der Waals surface area contributed by atoms with Crippen LogP contribution in [-0.2, 0) is 4.74 Å². The number of nitrogens with one attached hydrogen (secondary N) is 1. The maximum atomic E-state index is 13.0. The van der Waals surface area contributed by atoms with Gasteiger partial charge in [-0.3, -0.25) is 14.0 Å². The Balaban J connectivity index is 1.70. The van der Waals surface area contributed by atoms with Gasteiger partial charge in [0, 0.05) is 25.0 Å². The van der Waals surface area contributed by atoms with Crippen LogP contribution in [0.15, 0.2) is 42.6 Å². The highest BCUT2D eigenvalue weighted by Gasteiger charge is 2.26. The number of ether oxygens (including phenoxy) is 1. The Hall–Kier alpha value is -3.19. The maximum Gasteiger partial charge on any atom is 0.290 e. The zero-order valence-electron chi connectivity index (χ0n) is 15.9. The number of aryl methyl sites for hydroxylation is 1. The SMILES string of the molecule is Cc1cccc(NC(=O)c2nc(C(=O)N3CCOCC3)n3ccccc23)c1C. The lowest BCUT2D eigenvalue weighted by Crippen LogP contribution is -2.41. The number of nitrogens with zero attached hydrogens (tertiary/aromatic N) is 3. The van der Waals surface area contributed by atoms with Crippen molar-refractivity contribution in [2.24, 2.45) is 0 Å². The largest absolute Gasteiger partial charge is 0.378 e. The Morgan fingerprint density at radius 2 is 1.86 bits per heavy atom. The monoisotopic (exact) mass is 378 g/mol. The minimum atomic E-state index is -0.335. The lowest BCUT2D eigenvalue weighted by atomic mass is 10.1. The van der Waals surface area contributed by atoms with Crippen LogP contribution in [0.4, 0.5) is 5.69 Å². The summed E-state index contributed by atoms with van der Waals surface area (Å²) < 4.78 is 7.00.